The maximum Gasteiger partial charge on any atom is 0.230 e. The lowest BCUT2D eigenvalue weighted by molar-refractivity contribution is -0.123. The summed E-state index contributed by atoms with van der Waals surface area (Å²) in [6.07, 6.45) is 14.5. The third-order valence-electron chi connectivity index (χ3n) is 8.70. The largest absolute Gasteiger partial charge is 0.496 e. The fourth-order valence-corrected chi connectivity index (χ4v) is 6.37. The maximum absolute atomic E-state index is 14.0. The molecule has 2 aromatic carbocycles. The molecule has 0 aromatic heterocycles. The lowest BCUT2D eigenvalue weighted by Gasteiger charge is -2.35. The predicted molar refractivity (Wildman–Crippen MR) is 163 cm³/mol. The summed E-state index contributed by atoms with van der Waals surface area (Å²) < 4.78 is 5.46. The van der Waals surface area contributed by atoms with E-state index >= 15 is 0 Å². The topological polar surface area (TPSA) is 65.4 Å². The van der Waals surface area contributed by atoms with Crippen LogP contribution < -0.4 is 15.0 Å². The summed E-state index contributed by atoms with van der Waals surface area (Å²) in [4.78, 5) is 16.1. The Labute approximate surface area is 235 Å². The summed E-state index contributed by atoms with van der Waals surface area (Å²) in [5.74, 6) is 2.45. The van der Waals surface area contributed by atoms with Gasteiger partial charge in [-0.25, -0.2) is 0 Å². The van der Waals surface area contributed by atoms with Gasteiger partial charge in [0.25, 0.3) is 0 Å². The minimum atomic E-state index is 0.130. The van der Waals surface area contributed by atoms with Crippen LogP contribution in [0.5, 0.6) is 5.75 Å². The van der Waals surface area contributed by atoms with Crippen LogP contribution in [-0.2, 0) is 4.79 Å². The first-order chi connectivity index (χ1) is 19.0. The Morgan fingerprint density at radius 3 is 2.49 bits per heavy atom. The van der Waals surface area contributed by atoms with Crippen molar-refractivity contribution in [1.29, 1.82) is 5.41 Å². The molecule has 0 atom stereocenters. The molecule has 4 rings (SSSR count). The molecule has 0 saturated heterocycles. The molecule has 2 aliphatic rings. The smallest absolute Gasteiger partial charge is 0.230 e. The van der Waals surface area contributed by atoms with Crippen molar-refractivity contribution in [1.82, 2.24) is 5.32 Å². The highest BCUT2D eigenvalue weighted by Crippen LogP contribution is 2.38. The summed E-state index contributed by atoms with van der Waals surface area (Å²) in [5, 5.41) is 11.3. The molecule has 210 valence electrons. The van der Waals surface area contributed by atoms with E-state index < -0.39 is 0 Å². The second-order valence-corrected chi connectivity index (χ2v) is 11.5. The monoisotopic (exact) mass is 529 g/mol. The van der Waals surface area contributed by atoms with Gasteiger partial charge in [0.1, 0.15) is 5.75 Å². The van der Waals surface area contributed by atoms with Gasteiger partial charge in [0, 0.05) is 42.7 Å². The molecule has 2 saturated carbocycles. The zero-order chi connectivity index (χ0) is 27.6. The van der Waals surface area contributed by atoms with Gasteiger partial charge in [-0.2, -0.15) is 0 Å². The fourth-order valence-electron chi connectivity index (χ4n) is 6.37. The van der Waals surface area contributed by atoms with Crippen LogP contribution in [-0.4, -0.2) is 32.3 Å². The molecular weight excluding hydrogens is 482 g/mol. The number of anilines is 1. The average Bonchev–Trinajstić information content (AvgIpc) is 2.98. The number of carbonyl (C=O) groups excluding carboxylic acids is 1. The number of allylic oxidation sites excluding steroid dienone is 1. The third-order valence-corrected chi connectivity index (χ3v) is 8.70. The van der Waals surface area contributed by atoms with Gasteiger partial charge in [0.05, 0.1) is 7.11 Å². The van der Waals surface area contributed by atoms with E-state index in [4.69, 9.17) is 10.1 Å². The number of benzene rings is 2. The van der Waals surface area contributed by atoms with Crippen LogP contribution >= 0.6 is 0 Å². The molecule has 2 aromatic rings. The van der Waals surface area contributed by atoms with Crippen LogP contribution in [0.1, 0.15) is 93.7 Å². The van der Waals surface area contributed by atoms with E-state index in [0.717, 1.165) is 93.5 Å². The van der Waals surface area contributed by atoms with Gasteiger partial charge < -0.3 is 20.4 Å². The number of carbonyl (C=O) groups is 1. The molecule has 5 nitrogen and oxygen atoms in total. The minimum absolute atomic E-state index is 0.130. The van der Waals surface area contributed by atoms with Crippen molar-refractivity contribution in [2.24, 2.45) is 11.8 Å². The Morgan fingerprint density at radius 1 is 1.05 bits per heavy atom. The Hall–Kier alpha value is -3.08. The van der Waals surface area contributed by atoms with Crippen LogP contribution in [0.25, 0.3) is 5.57 Å². The first-order valence-electron chi connectivity index (χ1n) is 15.0. The van der Waals surface area contributed by atoms with E-state index in [1.807, 2.05) is 18.3 Å². The van der Waals surface area contributed by atoms with Gasteiger partial charge in [-0.05, 0) is 98.6 Å². The number of hydrogen-bond acceptors (Lipinski definition) is 4. The van der Waals surface area contributed by atoms with E-state index in [-0.39, 0.29) is 5.92 Å². The SMILES string of the molecule is CCCN/C=C(\C=N)c1cccc(N(CC2CCC(c3ccc(OC)c(C)c3)CC2)C(=O)C2CCCCC2)c1. The van der Waals surface area contributed by atoms with Gasteiger partial charge >= 0.3 is 0 Å². The van der Waals surface area contributed by atoms with Crippen molar-refractivity contribution < 1.29 is 9.53 Å². The molecule has 0 spiro atoms. The number of ether oxygens (including phenoxy) is 1. The minimum Gasteiger partial charge on any atom is -0.496 e. The normalized spacial score (nSPS) is 20.3. The van der Waals surface area contributed by atoms with Gasteiger partial charge in [-0.3, -0.25) is 4.79 Å². The van der Waals surface area contributed by atoms with Crippen molar-refractivity contribution in [2.45, 2.75) is 84.0 Å². The first kappa shape index (κ1) is 28.9. The van der Waals surface area contributed by atoms with Crippen LogP contribution in [0.4, 0.5) is 5.69 Å². The highest BCUT2D eigenvalue weighted by atomic mass is 16.5. The number of methoxy groups -OCH3 is 1. The van der Waals surface area contributed by atoms with Crippen molar-refractivity contribution in [3.8, 4) is 5.75 Å². The second-order valence-electron chi connectivity index (χ2n) is 11.5. The maximum atomic E-state index is 14.0. The molecule has 0 heterocycles. The van der Waals surface area contributed by atoms with E-state index in [0.29, 0.717) is 17.7 Å². The third kappa shape index (κ3) is 7.52. The summed E-state index contributed by atoms with van der Waals surface area (Å²) in [6, 6.07) is 14.9. The number of rotatable bonds is 11. The highest BCUT2D eigenvalue weighted by molar-refractivity contribution is 6.08. The van der Waals surface area contributed by atoms with E-state index in [2.05, 4.69) is 54.4 Å². The molecule has 0 radical (unpaired) electrons. The van der Waals surface area contributed by atoms with Crippen LogP contribution in [0.15, 0.2) is 48.7 Å². The first-order valence-corrected chi connectivity index (χ1v) is 15.0. The van der Waals surface area contributed by atoms with Gasteiger partial charge in [-0.15, -0.1) is 0 Å². The number of amides is 1. The Morgan fingerprint density at radius 2 is 1.82 bits per heavy atom. The molecule has 0 bridgehead atoms. The molecule has 5 heteroatoms. The van der Waals surface area contributed by atoms with Gasteiger partial charge in [0.15, 0.2) is 0 Å². The van der Waals surface area contributed by atoms with Gasteiger partial charge in [-0.1, -0.05) is 50.5 Å². The van der Waals surface area contributed by atoms with E-state index in [9.17, 15) is 4.79 Å². The van der Waals surface area contributed by atoms with Crippen LogP contribution in [0.3, 0.4) is 0 Å². The molecular formula is C34H47N3O2. The van der Waals surface area contributed by atoms with Gasteiger partial charge in [0.2, 0.25) is 5.91 Å². The summed E-state index contributed by atoms with van der Waals surface area (Å²) in [7, 11) is 1.73. The molecule has 2 aliphatic carbocycles. The van der Waals surface area contributed by atoms with E-state index in [1.165, 1.54) is 23.8 Å². The lowest BCUT2D eigenvalue weighted by atomic mass is 9.78. The predicted octanol–water partition coefficient (Wildman–Crippen LogP) is 7.88. The molecule has 2 N–H and O–H groups in total. The summed E-state index contributed by atoms with van der Waals surface area (Å²) in [6.45, 7) is 5.91. The van der Waals surface area contributed by atoms with Crippen LogP contribution in [0.2, 0.25) is 0 Å². The highest BCUT2D eigenvalue weighted by Gasteiger charge is 2.31. The number of hydrogen-bond donors (Lipinski definition) is 2. The molecule has 2 fully saturated rings. The van der Waals surface area contributed by atoms with Crippen LogP contribution in [0, 0.1) is 24.2 Å². The molecule has 0 aliphatic heterocycles. The standard InChI is InChI=1S/C34H47N3O2/c1-4-19-36-23-31(22-35)29-11-8-12-32(21-29)37(34(38)28-9-6-5-7-10-28)24-26-13-15-27(16-14-26)30-17-18-33(39-3)25(2)20-30/h8,11-12,17-18,20-23,26-28,35-36H,4-7,9-10,13-16,19,24H2,1-3H3/b31-23+,35-22?. The zero-order valence-electron chi connectivity index (χ0n) is 24.2. The number of aryl methyl sites for hydroxylation is 1. The van der Waals surface area contributed by atoms with Crippen molar-refractivity contribution in [3.05, 3.63) is 65.4 Å². The van der Waals surface area contributed by atoms with E-state index in [1.54, 1.807) is 7.11 Å². The molecule has 1 amide bonds. The quantitative estimate of drug-likeness (QED) is 0.230. The van der Waals surface area contributed by atoms with Crippen molar-refractivity contribution in [2.75, 3.05) is 25.1 Å². The number of nitrogens with one attached hydrogen (secondary N) is 2. The van der Waals surface area contributed by atoms with Crippen molar-refractivity contribution >= 4 is 23.4 Å². The lowest BCUT2D eigenvalue weighted by Crippen LogP contribution is -2.41. The second kappa shape index (κ2) is 14.3. The molecule has 39 heavy (non-hydrogen) atoms. The molecule has 0 unspecified atom stereocenters. The Kier molecular flexibility index (Phi) is 10.6. The summed E-state index contributed by atoms with van der Waals surface area (Å²) in [5.41, 5.74) is 5.40. The average molecular weight is 530 g/mol. The van der Waals surface area contributed by atoms with Crippen molar-refractivity contribution in [3.63, 3.8) is 0 Å². The Balaban J connectivity index is 1.51. The fraction of sp³-hybridized carbons (Fsp3) is 0.529. The number of nitrogens with zero attached hydrogens (tertiary/aromatic N) is 1. The Bertz CT molecular complexity index is 1130. The zero-order valence-corrected chi connectivity index (χ0v) is 24.2. The summed E-state index contributed by atoms with van der Waals surface area (Å²) >= 11 is 0.